The molecular formula is C18H22N2O4. The molecule has 0 saturated heterocycles. The molecule has 0 aliphatic carbocycles. The van der Waals surface area contributed by atoms with Crippen LogP contribution in [0.3, 0.4) is 0 Å². The molecule has 0 aliphatic heterocycles. The normalized spacial score (nSPS) is 11.5. The lowest BCUT2D eigenvalue weighted by Gasteiger charge is -2.12. The number of hydrogen-bond donors (Lipinski definition) is 0. The zero-order chi connectivity index (χ0) is 17.7. The highest BCUT2D eigenvalue weighted by molar-refractivity contribution is 5.86. The van der Waals surface area contributed by atoms with Crippen molar-refractivity contribution in [3.05, 3.63) is 53.7 Å². The summed E-state index contributed by atoms with van der Waals surface area (Å²) in [4.78, 5) is 11.7. The Bertz CT molecular complexity index is 747. The minimum Gasteiger partial charge on any atom is -0.500 e. The fraction of sp³-hybridized carbons (Fsp3) is 0.333. The van der Waals surface area contributed by atoms with Gasteiger partial charge in [-0.25, -0.2) is 9.48 Å². The molecule has 0 atom stereocenters. The molecule has 0 radical (unpaired) electrons. The van der Waals surface area contributed by atoms with Gasteiger partial charge in [0, 0.05) is 12.3 Å². The van der Waals surface area contributed by atoms with Crippen molar-refractivity contribution >= 4 is 5.97 Å². The Balaban J connectivity index is 2.34. The predicted molar refractivity (Wildman–Crippen MR) is 90.1 cm³/mol. The van der Waals surface area contributed by atoms with Crippen molar-refractivity contribution in [3.8, 4) is 11.4 Å². The van der Waals surface area contributed by atoms with E-state index in [0.29, 0.717) is 11.7 Å². The van der Waals surface area contributed by atoms with E-state index in [2.05, 4.69) is 18.9 Å². The number of esters is 1. The Morgan fingerprint density at radius 2 is 2.04 bits per heavy atom. The molecule has 6 nitrogen and oxygen atoms in total. The first-order valence-electron chi connectivity index (χ1n) is 7.61. The summed E-state index contributed by atoms with van der Waals surface area (Å²) in [6.45, 7) is 6.12. The topological polar surface area (TPSA) is 62.6 Å². The van der Waals surface area contributed by atoms with Crippen LogP contribution in [0.4, 0.5) is 0 Å². The third kappa shape index (κ3) is 3.95. The highest BCUT2D eigenvalue weighted by Gasteiger charge is 2.15. The van der Waals surface area contributed by atoms with Crippen molar-refractivity contribution in [2.24, 2.45) is 0 Å². The largest absolute Gasteiger partial charge is 0.500 e. The van der Waals surface area contributed by atoms with Crippen LogP contribution in [0.2, 0.25) is 0 Å². The number of carbonyl (C=O) groups excluding carboxylic acids is 1. The van der Waals surface area contributed by atoms with Crippen LogP contribution < -0.4 is 4.74 Å². The van der Waals surface area contributed by atoms with E-state index in [1.54, 1.807) is 4.68 Å². The van der Waals surface area contributed by atoms with Gasteiger partial charge in [-0.1, -0.05) is 19.9 Å². The Morgan fingerprint density at radius 1 is 1.29 bits per heavy atom. The van der Waals surface area contributed by atoms with Gasteiger partial charge in [0.05, 0.1) is 26.1 Å². The van der Waals surface area contributed by atoms with Crippen LogP contribution in [-0.4, -0.2) is 30.0 Å². The van der Waals surface area contributed by atoms with Crippen LogP contribution in [0.5, 0.6) is 5.75 Å². The molecule has 0 bridgehead atoms. The molecule has 1 aromatic heterocycles. The van der Waals surface area contributed by atoms with Crippen LogP contribution in [0, 0.1) is 6.92 Å². The fourth-order valence-electron chi connectivity index (χ4n) is 2.06. The van der Waals surface area contributed by atoms with Gasteiger partial charge in [0.25, 0.3) is 0 Å². The van der Waals surface area contributed by atoms with Crippen LogP contribution >= 0.6 is 0 Å². The van der Waals surface area contributed by atoms with Crippen LogP contribution in [0.25, 0.3) is 5.69 Å². The summed E-state index contributed by atoms with van der Waals surface area (Å²) >= 11 is 0. The van der Waals surface area contributed by atoms with Gasteiger partial charge in [-0.05, 0) is 30.0 Å². The molecule has 0 spiro atoms. The van der Waals surface area contributed by atoms with Crippen molar-refractivity contribution in [2.75, 3.05) is 14.2 Å². The number of rotatable bonds is 6. The van der Waals surface area contributed by atoms with Crippen molar-refractivity contribution in [3.63, 3.8) is 0 Å². The maximum absolute atomic E-state index is 11.7. The zero-order valence-electron chi connectivity index (χ0n) is 14.6. The summed E-state index contributed by atoms with van der Waals surface area (Å²) in [6, 6.07) is 5.67. The lowest BCUT2D eigenvalue weighted by Crippen LogP contribution is -2.12. The van der Waals surface area contributed by atoms with Gasteiger partial charge in [-0.15, -0.1) is 0 Å². The summed E-state index contributed by atoms with van der Waals surface area (Å²) in [5.74, 6) is 0.296. The minimum atomic E-state index is -0.608. The van der Waals surface area contributed by atoms with Crippen LogP contribution in [0.15, 0.2) is 42.6 Å². The zero-order valence-corrected chi connectivity index (χ0v) is 14.6. The third-order valence-electron chi connectivity index (χ3n) is 3.54. The van der Waals surface area contributed by atoms with E-state index in [4.69, 9.17) is 14.2 Å². The summed E-state index contributed by atoms with van der Waals surface area (Å²) in [5.41, 5.74) is 2.86. The van der Waals surface area contributed by atoms with Crippen molar-refractivity contribution < 1.29 is 19.0 Å². The number of benzene rings is 1. The van der Waals surface area contributed by atoms with Gasteiger partial charge in [0.15, 0.2) is 0 Å². The number of methoxy groups -OCH3 is 2. The maximum Gasteiger partial charge on any atom is 0.377 e. The first-order chi connectivity index (χ1) is 11.5. The molecule has 1 heterocycles. The van der Waals surface area contributed by atoms with Gasteiger partial charge < -0.3 is 14.2 Å². The van der Waals surface area contributed by atoms with Gasteiger partial charge in [-0.2, -0.15) is 5.10 Å². The molecule has 2 aromatic rings. The molecule has 0 amide bonds. The number of hydrogen-bond acceptors (Lipinski definition) is 5. The summed E-state index contributed by atoms with van der Waals surface area (Å²) < 4.78 is 17.0. The minimum absolute atomic E-state index is 0.0245. The van der Waals surface area contributed by atoms with Crippen molar-refractivity contribution in [2.45, 2.75) is 26.7 Å². The molecule has 0 saturated carbocycles. The summed E-state index contributed by atoms with van der Waals surface area (Å²) in [7, 11) is 2.72. The molecular weight excluding hydrogens is 308 g/mol. The Hall–Kier alpha value is -2.76. The van der Waals surface area contributed by atoms with Crippen LogP contribution in [-0.2, 0) is 14.3 Å². The summed E-state index contributed by atoms with van der Waals surface area (Å²) in [6.07, 6.45) is 5.03. The van der Waals surface area contributed by atoms with E-state index >= 15 is 0 Å². The number of carbonyl (C=O) groups is 1. The molecule has 24 heavy (non-hydrogen) atoms. The molecule has 0 aliphatic rings. The highest BCUT2D eigenvalue weighted by atomic mass is 16.6. The SMILES string of the molecule is CO/C=C(\Oc1cc(-n2cc(C(C)C)cn2)ccc1C)C(=O)OC. The standard InChI is InChI=1S/C18H22N2O4/c1-12(2)14-9-19-20(10-14)15-7-6-13(3)16(8-15)24-17(11-22-4)18(21)23-5/h6-12H,1-5H3/b17-11-. The predicted octanol–water partition coefficient (Wildman–Crippen LogP) is 3.34. The highest BCUT2D eigenvalue weighted by Crippen LogP contribution is 2.25. The Morgan fingerprint density at radius 3 is 2.62 bits per heavy atom. The van der Waals surface area contributed by atoms with Gasteiger partial charge in [0.1, 0.15) is 12.0 Å². The second kappa shape index (κ2) is 7.68. The maximum atomic E-state index is 11.7. The first-order valence-corrected chi connectivity index (χ1v) is 7.61. The second-order valence-electron chi connectivity index (χ2n) is 5.63. The smallest absolute Gasteiger partial charge is 0.377 e. The van der Waals surface area contributed by atoms with E-state index in [1.807, 2.05) is 37.5 Å². The molecule has 128 valence electrons. The Labute approximate surface area is 141 Å². The first kappa shape index (κ1) is 17.6. The van der Waals surface area contributed by atoms with E-state index in [-0.39, 0.29) is 5.76 Å². The van der Waals surface area contributed by atoms with Crippen molar-refractivity contribution in [1.82, 2.24) is 9.78 Å². The van der Waals surface area contributed by atoms with E-state index in [0.717, 1.165) is 16.8 Å². The third-order valence-corrected chi connectivity index (χ3v) is 3.54. The number of aromatic nitrogens is 2. The van der Waals surface area contributed by atoms with Crippen LogP contribution in [0.1, 0.15) is 30.9 Å². The monoisotopic (exact) mass is 330 g/mol. The molecule has 1 aromatic carbocycles. The van der Waals surface area contributed by atoms with E-state index in [1.165, 1.54) is 20.5 Å². The summed E-state index contributed by atoms with van der Waals surface area (Å²) in [5, 5.41) is 4.38. The fourth-order valence-corrected chi connectivity index (χ4v) is 2.06. The molecule has 2 rings (SSSR count). The van der Waals surface area contributed by atoms with Gasteiger partial charge in [-0.3, -0.25) is 0 Å². The average molecular weight is 330 g/mol. The molecule has 6 heteroatoms. The molecule has 0 fully saturated rings. The van der Waals surface area contributed by atoms with E-state index < -0.39 is 5.97 Å². The average Bonchev–Trinajstić information content (AvgIpc) is 3.06. The lowest BCUT2D eigenvalue weighted by molar-refractivity contribution is -0.138. The number of nitrogens with zero attached hydrogens (tertiary/aromatic N) is 2. The number of aryl methyl sites for hydroxylation is 1. The molecule has 0 N–H and O–H groups in total. The second-order valence-corrected chi connectivity index (χ2v) is 5.63. The molecule has 0 unspecified atom stereocenters. The quantitative estimate of drug-likeness (QED) is 0.462. The Kier molecular flexibility index (Phi) is 5.63. The van der Waals surface area contributed by atoms with Crippen molar-refractivity contribution in [1.29, 1.82) is 0 Å². The van der Waals surface area contributed by atoms with Gasteiger partial charge >= 0.3 is 5.97 Å². The van der Waals surface area contributed by atoms with E-state index in [9.17, 15) is 4.79 Å². The number of ether oxygens (including phenoxy) is 3. The van der Waals surface area contributed by atoms with Gasteiger partial charge in [0.2, 0.25) is 5.76 Å². The lowest BCUT2D eigenvalue weighted by atomic mass is 10.1.